The Kier molecular flexibility index (Phi) is 13.8. The van der Waals surface area contributed by atoms with Gasteiger partial charge in [0.1, 0.15) is 33.7 Å². The fraction of sp³-hybridized carbons (Fsp3) is 0.404. The van der Waals surface area contributed by atoms with E-state index in [-0.39, 0.29) is 12.3 Å². The topological polar surface area (TPSA) is 151 Å². The van der Waals surface area contributed by atoms with Crippen LogP contribution in [0.3, 0.4) is 0 Å². The van der Waals surface area contributed by atoms with Gasteiger partial charge in [0.05, 0.1) is 17.8 Å². The Morgan fingerprint density at radius 2 is 1.21 bits per heavy atom. The summed E-state index contributed by atoms with van der Waals surface area (Å²) in [6.45, 7) is 15.4. The molecule has 0 aliphatic carbocycles. The molecule has 14 nitrogen and oxygen atoms in total. The largest absolute Gasteiger partial charge is 0.471 e. The number of aromatic nitrogens is 6. The van der Waals surface area contributed by atoms with Crippen LogP contribution in [0.5, 0.6) is 0 Å². The summed E-state index contributed by atoms with van der Waals surface area (Å²) in [4.78, 5) is 42.9. The Labute approximate surface area is 409 Å². The normalized spacial score (nSPS) is 17.3. The molecule has 2 aromatic carbocycles. The van der Waals surface area contributed by atoms with Gasteiger partial charge in [0.25, 0.3) is 0 Å². The number of thiophene rings is 2. The standard InChI is InChI=1S/C47H49Cl2F3N12O2S2/c1-25-27(3)67-44-38(25)40(30-7-11-32(48)12-8-30)55-34(42-59-57-28(4)63(42)44)23-37(65)53-16-6-17-61-19-21-62(22-20-61)18-15-36-26(2)39-41(31-9-13-33(49)14-10-31)56-35(24-54-46(66)47(50,51)52)43-60-58-29(5)64(43)45(39)68-36/h7-14,34-35H,6,15-24H2,1-5H3,(H,53,65)(H,54,66). The van der Waals surface area contributed by atoms with E-state index in [1.165, 1.54) is 4.88 Å². The maximum atomic E-state index is 13.6. The molecule has 0 bridgehead atoms. The molecule has 3 aliphatic heterocycles. The maximum Gasteiger partial charge on any atom is 0.471 e. The number of aliphatic imine (C=N–C) groups is 2. The molecule has 356 valence electrons. The van der Waals surface area contributed by atoms with Crippen molar-refractivity contribution in [2.24, 2.45) is 9.98 Å². The number of alkyl halides is 3. The first kappa shape index (κ1) is 47.7. The Balaban J connectivity index is 0.813. The van der Waals surface area contributed by atoms with Gasteiger partial charge < -0.3 is 20.4 Å². The van der Waals surface area contributed by atoms with Crippen LogP contribution >= 0.6 is 45.9 Å². The molecule has 1 fully saturated rings. The zero-order chi connectivity index (χ0) is 48.0. The van der Waals surface area contributed by atoms with Crippen molar-refractivity contribution in [3.8, 4) is 10.0 Å². The number of piperazine rings is 1. The average molecular weight is 1010 g/mol. The molecule has 0 radical (unpaired) electrons. The molecule has 7 heterocycles. The van der Waals surface area contributed by atoms with Crippen LogP contribution in [-0.2, 0) is 16.0 Å². The zero-order valence-electron chi connectivity index (χ0n) is 38.0. The van der Waals surface area contributed by atoms with E-state index < -0.39 is 30.7 Å². The number of amides is 2. The van der Waals surface area contributed by atoms with E-state index in [1.54, 1.807) is 41.7 Å². The summed E-state index contributed by atoms with van der Waals surface area (Å²) >= 11 is 15.8. The molecule has 0 saturated carbocycles. The van der Waals surface area contributed by atoms with Crippen LogP contribution in [0.1, 0.15) is 91.4 Å². The van der Waals surface area contributed by atoms with Crippen LogP contribution in [0.4, 0.5) is 13.2 Å². The second-order valence-corrected chi connectivity index (χ2v) is 20.4. The molecule has 1 saturated heterocycles. The fourth-order valence-electron chi connectivity index (χ4n) is 9.00. The van der Waals surface area contributed by atoms with Crippen LogP contribution < -0.4 is 10.6 Å². The maximum absolute atomic E-state index is 13.6. The molecule has 3 aliphatic rings. The molecule has 68 heavy (non-hydrogen) atoms. The molecule has 2 atom stereocenters. The molecule has 6 aromatic rings. The number of benzene rings is 2. The fourth-order valence-corrected chi connectivity index (χ4v) is 11.8. The first-order valence-corrected chi connectivity index (χ1v) is 24.8. The van der Waals surface area contributed by atoms with Crippen molar-refractivity contribution in [3.63, 3.8) is 0 Å². The van der Waals surface area contributed by atoms with E-state index in [0.29, 0.717) is 39.8 Å². The number of halogens is 5. The lowest BCUT2D eigenvalue weighted by molar-refractivity contribution is -0.173. The van der Waals surface area contributed by atoms with E-state index in [1.807, 2.05) is 60.1 Å². The number of nitrogens with one attached hydrogen (secondary N) is 2. The van der Waals surface area contributed by atoms with E-state index in [9.17, 15) is 22.8 Å². The molecule has 4 aromatic heterocycles. The van der Waals surface area contributed by atoms with Gasteiger partial charge in [0.15, 0.2) is 11.6 Å². The third kappa shape index (κ3) is 9.65. The molecule has 21 heteroatoms. The first-order chi connectivity index (χ1) is 32.5. The number of hydrogen-bond acceptors (Lipinski definition) is 12. The van der Waals surface area contributed by atoms with Gasteiger partial charge in [-0.2, -0.15) is 13.2 Å². The summed E-state index contributed by atoms with van der Waals surface area (Å²) < 4.78 is 43.5. The third-order valence-corrected chi connectivity index (χ3v) is 15.8. The monoisotopic (exact) mass is 1000 g/mol. The Morgan fingerprint density at radius 1 is 0.691 bits per heavy atom. The van der Waals surface area contributed by atoms with Crippen LogP contribution in [0.15, 0.2) is 58.5 Å². The van der Waals surface area contributed by atoms with Crippen molar-refractivity contribution in [1.82, 2.24) is 50.0 Å². The molecule has 9 rings (SSSR count). The van der Waals surface area contributed by atoms with Gasteiger partial charge in [-0.05, 0) is 89.4 Å². The van der Waals surface area contributed by atoms with Crippen LogP contribution in [0.25, 0.3) is 10.0 Å². The molecular weight excluding hydrogens is 957 g/mol. The highest BCUT2D eigenvalue weighted by Crippen LogP contribution is 2.41. The van der Waals surface area contributed by atoms with E-state index in [2.05, 4.69) is 53.9 Å². The minimum Gasteiger partial charge on any atom is -0.356 e. The second kappa shape index (κ2) is 19.6. The number of hydrogen-bond donors (Lipinski definition) is 2. The van der Waals surface area contributed by atoms with Crippen molar-refractivity contribution in [2.75, 3.05) is 52.4 Å². The molecule has 2 amide bonds. The Bertz CT molecular complexity index is 2930. The quantitative estimate of drug-likeness (QED) is 0.111. The van der Waals surface area contributed by atoms with Crippen LogP contribution in [0.2, 0.25) is 10.0 Å². The van der Waals surface area contributed by atoms with Crippen LogP contribution in [0, 0.1) is 34.6 Å². The lowest BCUT2D eigenvalue weighted by atomic mass is 9.99. The van der Waals surface area contributed by atoms with Crippen molar-refractivity contribution in [1.29, 1.82) is 0 Å². The molecular formula is C47H49Cl2F3N12O2S2. The van der Waals surface area contributed by atoms with Gasteiger partial charge in [0, 0.05) is 87.9 Å². The lowest BCUT2D eigenvalue weighted by Crippen LogP contribution is -2.47. The van der Waals surface area contributed by atoms with Gasteiger partial charge >= 0.3 is 12.1 Å². The van der Waals surface area contributed by atoms with Gasteiger partial charge in [-0.25, -0.2) is 0 Å². The Hall–Kier alpha value is -5.31. The average Bonchev–Trinajstić information content (AvgIpc) is 4.01. The van der Waals surface area contributed by atoms with Crippen molar-refractivity contribution < 1.29 is 22.8 Å². The predicted molar refractivity (Wildman–Crippen MR) is 260 cm³/mol. The first-order valence-electron chi connectivity index (χ1n) is 22.4. The highest BCUT2D eigenvalue weighted by molar-refractivity contribution is 7.15. The van der Waals surface area contributed by atoms with Gasteiger partial charge in [-0.15, -0.1) is 43.1 Å². The highest BCUT2D eigenvalue weighted by atomic mass is 35.5. The number of aryl methyl sites for hydroxylation is 3. The number of rotatable bonds is 13. The zero-order valence-corrected chi connectivity index (χ0v) is 41.2. The van der Waals surface area contributed by atoms with Crippen molar-refractivity contribution in [3.05, 3.63) is 125 Å². The summed E-state index contributed by atoms with van der Waals surface area (Å²) in [5.74, 6) is 0.162. The van der Waals surface area contributed by atoms with E-state index >= 15 is 0 Å². The van der Waals surface area contributed by atoms with E-state index in [4.69, 9.17) is 33.2 Å². The number of nitrogens with zero attached hydrogens (tertiary/aromatic N) is 10. The highest BCUT2D eigenvalue weighted by Gasteiger charge is 2.40. The number of carbonyl (C=O) groups excluding carboxylic acids is 2. The summed E-state index contributed by atoms with van der Waals surface area (Å²) in [5, 5.41) is 25.7. The minimum absolute atomic E-state index is 0.0953. The summed E-state index contributed by atoms with van der Waals surface area (Å²) in [6, 6.07) is 13.3. The van der Waals surface area contributed by atoms with Gasteiger partial charge in [0.2, 0.25) is 5.91 Å². The summed E-state index contributed by atoms with van der Waals surface area (Å²) in [7, 11) is 0. The minimum atomic E-state index is -5.04. The van der Waals surface area contributed by atoms with Crippen molar-refractivity contribution in [2.45, 2.75) is 72.1 Å². The van der Waals surface area contributed by atoms with E-state index in [0.717, 1.165) is 112 Å². The second-order valence-electron chi connectivity index (χ2n) is 17.2. The SMILES string of the molecule is Cc1sc2c(c1C)C(c1ccc(Cl)cc1)=NC(CC(=O)NCCCN1CCN(CCc3sc4c(c3C)C(c3ccc(Cl)cc3)=NC(CNC(=O)C(F)(F)F)c3nnc(C)n3-4)CC1)c1nnc(C)n1-2. The van der Waals surface area contributed by atoms with Crippen molar-refractivity contribution >= 4 is 69.1 Å². The summed E-state index contributed by atoms with van der Waals surface area (Å²) in [5.41, 5.74) is 7.09. The molecule has 0 spiro atoms. The predicted octanol–water partition coefficient (Wildman–Crippen LogP) is 8.04. The number of fused-ring (bicyclic) bond motifs is 6. The number of carbonyl (C=O) groups is 2. The Morgan fingerprint density at radius 3 is 1.78 bits per heavy atom. The van der Waals surface area contributed by atoms with Gasteiger partial charge in [-0.1, -0.05) is 47.5 Å². The lowest BCUT2D eigenvalue weighted by Gasteiger charge is -2.34. The molecule has 2 N–H and O–H groups in total. The van der Waals surface area contributed by atoms with Crippen LogP contribution in [-0.4, -0.2) is 121 Å². The summed E-state index contributed by atoms with van der Waals surface area (Å²) in [6.07, 6.45) is -3.32. The smallest absolute Gasteiger partial charge is 0.356 e. The third-order valence-electron chi connectivity index (χ3n) is 12.8. The molecule has 2 unspecified atom stereocenters. The van der Waals surface area contributed by atoms with Gasteiger partial charge in [-0.3, -0.25) is 28.7 Å².